The van der Waals surface area contributed by atoms with Gasteiger partial charge in [0.25, 0.3) is 0 Å². The Morgan fingerprint density at radius 3 is 2.50 bits per heavy atom. The molecule has 2 rings (SSSR count). The number of halogens is 1. The van der Waals surface area contributed by atoms with E-state index in [1.54, 1.807) is 25.3 Å². The smallest absolute Gasteiger partial charge is 0.161 e. The molecule has 0 spiro atoms. The number of rotatable bonds is 6. The molecule has 0 fully saturated rings. The van der Waals surface area contributed by atoms with Crippen molar-refractivity contribution < 1.29 is 14.6 Å². The molecule has 0 aliphatic carbocycles. The van der Waals surface area contributed by atoms with E-state index in [1.807, 2.05) is 30.3 Å². The van der Waals surface area contributed by atoms with Crippen LogP contribution < -0.4 is 9.47 Å². The molecule has 0 amide bonds. The molecule has 20 heavy (non-hydrogen) atoms. The largest absolute Gasteiger partial charge is 0.493 e. The van der Waals surface area contributed by atoms with E-state index in [0.717, 1.165) is 5.56 Å². The van der Waals surface area contributed by atoms with Gasteiger partial charge in [-0.25, -0.2) is 0 Å². The number of methoxy groups -OCH3 is 1. The van der Waals surface area contributed by atoms with E-state index < -0.39 is 6.10 Å². The molecule has 1 N–H and O–H groups in total. The van der Waals surface area contributed by atoms with Gasteiger partial charge in [0.1, 0.15) is 6.61 Å². The second-order valence-corrected chi connectivity index (χ2v) is 4.66. The van der Waals surface area contributed by atoms with Gasteiger partial charge >= 0.3 is 0 Å². The van der Waals surface area contributed by atoms with E-state index in [2.05, 4.69) is 0 Å². The molecular weight excluding hydrogens is 276 g/mol. The zero-order valence-electron chi connectivity index (χ0n) is 11.3. The minimum Gasteiger partial charge on any atom is -0.493 e. The van der Waals surface area contributed by atoms with Gasteiger partial charge in [0.05, 0.1) is 19.1 Å². The summed E-state index contributed by atoms with van der Waals surface area (Å²) in [5.74, 6) is 1.37. The number of benzene rings is 2. The van der Waals surface area contributed by atoms with Crippen molar-refractivity contribution in [2.24, 2.45) is 0 Å². The Balaban J connectivity index is 2.11. The number of hydrogen-bond acceptors (Lipinski definition) is 3. The monoisotopic (exact) mass is 292 g/mol. The minimum atomic E-state index is -0.700. The first-order valence-corrected chi connectivity index (χ1v) is 6.86. The molecule has 0 saturated carbocycles. The normalized spacial score (nSPS) is 11.9. The van der Waals surface area contributed by atoms with Crippen molar-refractivity contribution in [3.63, 3.8) is 0 Å². The lowest BCUT2D eigenvalue weighted by molar-refractivity contribution is 0.201. The summed E-state index contributed by atoms with van der Waals surface area (Å²) in [7, 11) is 1.57. The fourth-order valence-electron chi connectivity index (χ4n) is 1.84. The van der Waals surface area contributed by atoms with E-state index >= 15 is 0 Å². The number of ether oxygens (including phenoxy) is 2. The average Bonchev–Trinajstić information content (AvgIpc) is 2.53. The zero-order chi connectivity index (χ0) is 14.4. The molecule has 1 atom stereocenters. The van der Waals surface area contributed by atoms with Crippen LogP contribution in [0.15, 0.2) is 48.5 Å². The van der Waals surface area contributed by atoms with Crippen LogP contribution in [0.25, 0.3) is 0 Å². The van der Waals surface area contributed by atoms with Gasteiger partial charge in [-0.1, -0.05) is 36.4 Å². The van der Waals surface area contributed by atoms with Crippen LogP contribution >= 0.6 is 11.6 Å². The highest BCUT2D eigenvalue weighted by atomic mass is 35.5. The van der Waals surface area contributed by atoms with E-state index in [4.69, 9.17) is 21.1 Å². The summed E-state index contributed by atoms with van der Waals surface area (Å²) < 4.78 is 11.0. The first kappa shape index (κ1) is 14.7. The van der Waals surface area contributed by atoms with Crippen LogP contribution in [0.2, 0.25) is 0 Å². The molecule has 0 aliphatic heterocycles. The van der Waals surface area contributed by atoms with Crippen LogP contribution in [-0.2, 0) is 6.61 Å². The molecule has 0 radical (unpaired) electrons. The molecule has 106 valence electrons. The molecular formula is C16H17ClO3. The van der Waals surface area contributed by atoms with Crippen molar-refractivity contribution in [1.29, 1.82) is 0 Å². The summed E-state index contributed by atoms with van der Waals surface area (Å²) in [6, 6.07) is 15.2. The topological polar surface area (TPSA) is 38.7 Å². The van der Waals surface area contributed by atoms with E-state index in [0.29, 0.717) is 23.7 Å². The van der Waals surface area contributed by atoms with Gasteiger partial charge in [-0.2, -0.15) is 0 Å². The SMILES string of the molecule is COc1cc([C@@H](O)CCl)ccc1OCc1ccccc1. The molecule has 3 nitrogen and oxygen atoms in total. The Morgan fingerprint density at radius 2 is 1.85 bits per heavy atom. The third-order valence-electron chi connectivity index (χ3n) is 2.96. The van der Waals surface area contributed by atoms with Crippen molar-refractivity contribution in [3.8, 4) is 11.5 Å². The Morgan fingerprint density at radius 1 is 1.10 bits per heavy atom. The average molecular weight is 293 g/mol. The standard InChI is InChI=1S/C16H17ClO3/c1-19-16-9-13(14(18)10-17)7-8-15(16)20-11-12-5-3-2-4-6-12/h2-9,14,18H,10-11H2,1H3/t14-/m0/s1. The first-order chi connectivity index (χ1) is 9.74. The highest BCUT2D eigenvalue weighted by molar-refractivity contribution is 6.18. The Kier molecular flexibility index (Phi) is 5.27. The van der Waals surface area contributed by atoms with Gasteiger partial charge < -0.3 is 14.6 Å². The summed E-state index contributed by atoms with van der Waals surface area (Å²) in [6.45, 7) is 0.467. The summed E-state index contributed by atoms with van der Waals surface area (Å²) >= 11 is 5.64. The third-order valence-corrected chi connectivity index (χ3v) is 3.25. The van der Waals surface area contributed by atoms with E-state index in [9.17, 15) is 5.11 Å². The predicted molar refractivity (Wildman–Crippen MR) is 79.4 cm³/mol. The fraction of sp³-hybridized carbons (Fsp3) is 0.250. The van der Waals surface area contributed by atoms with Crippen LogP contribution in [0.3, 0.4) is 0 Å². The van der Waals surface area contributed by atoms with Crippen LogP contribution in [0, 0.1) is 0 Å². The first-order valence-electron chi connectivity index (χ1n) is 6.33. The third kappa shape index (κ3) is 3.65. The zero-order valence-corrected chi connectivity index (χ0v) is 12.0. The number of aliphatic hydroxyl groups is 1. The van der Waals surface area contributed by atoms with Crippen molar-refractivity contribution in [2.75, 3.05) is 13.0 Å². The Labute approximate surface area is 123 Å². The Hall–Kier alpha value is -1.71. The maximum absolute atomic E-state index is 9.72. The maximum Gasteiger partial charge on any atom is 0.161 e. The lowest BCUT2D eigenvalue weighted by Gasteiger charge is -2.14. The quantitative estimate of drug-likeness (QED) is 0.828. The van der Waals surface area contributed by atoms with Crippen molar-refractivity contribution in [1.82, 2.24) is 0 Å². The number of hydrogen-bond donors (Lipinski definition) is 1. The second kappa shape index (κ2) is 7.17. The van der Waals surface area contributed by atoms with E-state index in [1.165, 1.54) is 0 Å². The van der Waals surface area contributed by atoms with Crippen LogP contribution in [0.4, 0.5) is 0 Å². The molecule has 4 heteroatoms. The summed E-state index contributed by atoms with van der Waals surface area (Å²) in [4.78, 5) is 0. The van der Waals surface area contributed by atoms with Crippen molar-refractivity contribution in [3.05, 3.63) is 59.7 Å². The molecule has 0 saturated heterocycles. The fourth-order valence-corrected chi connectivity index (χ4v) is 2.01. The molecule has 2 aromatic carbocycles. The number of alkyl halides is 1. The molecule has 2 aromatic rings. The lowest BCUT2D eigenvalue weighted by atomic mass is 10.1. The molecule has 0 heterocycles. The van der Waals surface area contributed by atoms with Gasteiger partial charge in [0, 0.05) is 0 Å². The summed E-state index contributed by atoms with van der Waals surface area (Å²) in [5, 5.41) is 9.72. The Bertz CT molecular complexity index is 543. The molecule has 0 bridgehead atoms. The number of aliphatic hydroxyl groups excluding tert-OH is 1. The van der Waals surface area contributed by atoms with Crippen LogP contribution in [0.5, 0.6) is 11.5 Å². The minimum absolute atomic E-state index is 0.146. The molecule has 0 aromatic heterocycles. The summed E-state index contributed by atoms with van der Waals surface area (Å²) in [5.41, 5.74) is 1.79. The molecule has 0 unspecified atom stereocenters. The van der Waals surface area contributed by atoms with Crippen LogP contribution in [-0.4, -0.2) is 18.1 Å². The van der Waals surface area contributed by atoms with Crippen LogP contribution in [0.1, 0.15) is 17.2 Å². The van der Waals surface area contributed by atoms with E-state index in [-0.39, 0.29) is 5.88 Å². The lowest BCUT2D eigenvalue weighted by Crippen LogP contribution is -2.01. The van der Waals surface area contributed by atoms with Gasteiger partial charge in [0.15, 0.2) is 11.5 Å². The molecule has 0 aliphatic rings. The second-order valence-electron chi connectivity index (χ2n) is 4.35. The maximum atomic E-state index is 9.72. The van der Waals surface area contributed by atoms with Gasteiger partial charge in [-0.15, -0.1) is 11.6 Å². The van der Waals surface area contributed by atoms with Crippen molar-refractivity contribution >= 4 is 11.6 Å². The summed E-state index contributed by atoms with van der Waals surface area (Å²) in [6.07, 6.45) is -0.700. The van der Waals surface area contributed by atoms with Gasteiger partial charge in [-0.3, -0.25) is 0 Å². The highest BCUT2D eigenvalue weighted by Gasteiger charge is 2.11. The predicted octanol–water partition coefficient (Wildman–Crippen LogP) is 3.55. The van der Waals surface area contributed by atoms with Gasteiger partial charge in [0.2, 0.25) is 0 Å². The van der Waals surface area contributed by atoms with Gasteiger partial charge in [-0.05, 0) is 23.3 Å². The van der Waals surface area contributed by atoms with Crippen molar-refractivity contribution in [2.45, 2.75) is 12.7 Å². The highest BCUT2D eigenvalue weighted by Crippen LogP contribution is 2.31.